The zero-order valence-corrected chi connectivity index (χ0v) is 28.0. The van der Waals surface area contributed by atoms with Gasteiger partial charge < -0.3 is 29.9 Å². The average Bonchev–Trinajstić information content (AvgIpc) is 3.04. The first-order valence-electron chi connectivity index (χ1n) is 14.9. The summed E-state index contributed by atoms with van der Waals surface area (Å²) in [5, 5.41) is 6.83. The van der Waals surface area contributed by atoms with Crippen LogP contribution in [0.5, 0.6) is 5.75 Å². The number of halogens is 1. The molecule has 0 saturated carbocycles. The number of benzene rings is 2. The monoisotopic (exact) mass is 678 g/mol. The van der Waals surface area contributed by atoms with E-state index in [1.807, 2.05) is 18.4 Å². The number of ether oxygens (including phenoxy) is 1. The Morgan fingerprint density at radius 2 is 1.73 bits per heavy atom. The van der Waals surface area contributed by atoms with Gasteiger partial charge in [0, 0.05) is 81.9 Å². The summed E-state index contributed by atoms with van der Waals surface area (Å²) in [6.45, 7) is 8.94. The second-order valence-corrected chi connectivity index (χ2v) is 12.7. The van der Waals surface area contributed by atoms with E-state index in [4.69, 9.17) is 9.72 Å². The van der Waals surface area contributed by atoms with Gasteiger partial charge in [-0.25, -0.2) is 4.98 Å². The summed E-state index contributed by atoms with van der Waals surface area (Å²) in [7, 11) is 3.92. The van der Waals surface area contributed by atoms with Gasteiger partial charge in [-0.15, -0.1) is 0 Å². The number of aromatic nitrogens is 4. The lowest BCUT2D eigenvalue weighted by Gasteiger charge is -2.43. The van der Waals surface area contributed by atoms with Crippen LogP contribution in [0.2, 0.25) is 0 Å². The minimum atomic E-state index is 0.453. The lowest BCUT2D eigenvalue weighted by Crippen LogP contribution is -2.52. The number of nitrogens with zero attached hydrogens (tertiary/aromatic N) is 7. The summed E-state index contributed by atoms with van der Waals surface area (Å²) in [5.41, 5.74) is 6.47. The van der Waals surface area contributed by atoms with E-state index in [9.17, 15) is 0 Å². The number of methoxy groups -OCH3 is 1. The van der Waals surface area contributed by atoms with Crippen molar-refractivity contribution >= 4 is 73.4 Å². The Bertz CT molecular complexity index is 1610. The molecule has 0 radical (unpaired) electrons. The first-order valence-corrected chi connectivity index (χ1v) is 16.9. The van der Waals surface area contributed by atoms with Crippen molar-refractivity contribution in [3.63, 3.8) is 0 Å². The number of fused-ring (bicyclic) bond motifs is 1. The Hall–Kier alpha value is -3.39. The molecule has 44 heavy (non-hydrogen) atoms. The summed E-state index contributed by atoms with van der Waals surface area (Å²) in [4.78, 5) is 25.9. The van der Waals surface area contributed by atoms with E-state index in [-0.39, 0.29) is 0 Å². The number of rotatable bonds is 9. The number of piperidine rings is 1. The van der Waals surface area contributed by atoms with Crippen molar-refractivity contribution in [3.05, 3.63) is 52.9 Å². The molecule has 2 fully saturated rings. The topological polar surface area (TPSA) is 107 Å². The Morgan fingerprint density at radius 1 is 0.955 bits per heavy atom. The molecule has 2 aromatic heterocycles. The van der Waals surface area contributed by atoms with Crippen molar-refractivity contribution in [2.24, 2.45) is 0 Å². The maximum absolute atomic E-state index is 5.86. The largest absolute Gasteiger partial charge is 0.494 e. The molecule has 4 heterocycles. The maximum atomic E-state index is 5.86. The van der Waals surface area contributed by atoms with Crippen molar-refractivity contribution in [1.29, 1.82) is 0 Å². The van der Waals surface area contributed by atoms with Gasteiger partial charge in [0.2, 0.25) is 5.95 Å². The molecule has 4 aromatic rings. The molecule has 13 heteroatoms. The molecule has 232 valence electrons. The van der Waals surface area contributed by atoms with Gasteiger partial charge >= 0.3 is 0 Å². The second kappa shape index (κ2) is 13.7. The number of aryl methyl sites for hydroxylation is 1. The third-order valence-electron chi connectivity index (χ3n) is 8.47. The quantitative estimate of drug-likeness (QED) is 0.184. The molecular weight excluding hydrogens is 640 g/mol. The van der Waals surface area contributed by atoms with Gasteiger partial charge in [-0.05, 0) is 66.5 Å². The van der Waals surface area contributed by atoms with E-state index in [1.165, 1.54) is 62.2 Å². The number of hydrogen-bond acceptors (Lipinski definition) is 12. The molecule has 11 nitrogen and oxygen atoms in total. The van der Waals surface area contributed by atoms with E-state index in [0.29, 0.717) is 17.8 Å². The molecule has 0 amide bonds. The minimum Gasteiger partial charge on any atom is -0.494 e. The highest BCUT2D eigenvalue weighted by Gasteiger charge is 2.28. The van der Waals surface area contributed by atoms with Gasteiger partial charge in [-0.1, -0.05) is 11.9 Å². The average molecular weight is 680 g/mol. The number of piperazine rings is 1. The summed E-state index contributed by atoms with van der Waals surface area (Å²) < 4.78 is 9.93. The van der Waals surface area contributed by atoms with Crippen LogP contribution in [0.25, 0.3) is 11.0 Å². The van der Waals surface area contributed by atoms with Crippen LogP contribution in [0, 0.1) is 6.92 Å². The second-order valence-electron chi connectivity index (χ2n) is 11.3. The predicted octanol–water partition coefficient (Wildman–Crippen LogP) is 5.89. The number of nitrogens with one attached hydrogen (secondary N) is 3. The molecule has 3 N–H and O–H groups in total. The standard InChI is InChI=1S/C31H39BrN10OS/c1-20-17-25(27(43-3)18-26(20)42-11-7-21(8-12-42)41-15-13-40(2)14-16-41)37-31-35-19-22(32)30(38-31)36-24-6-5-23-28(29(24)39-44-4)34-10-9-33-23/h5-6,9-10,17-19,21,39H,7-8,11-16H2,1-4H3,(H2,35,36,37,38). The number of likely N-dealkylation sites (N-methyl/N-ethyl adjacent to an activating group) is 1. The van der Waals surface area contributed by atoms with E-state index < -0.39 is 0 Å². The predicted molar refractivity (Wildman–Crippen MR) is 185 cm³/mol. The third-order valence-corrected chi connectivity index (χ3v) is 9.45. The Kier molecular flexibility index (Phi) is 9.55. The van der Waals surface area contributed by atoms with Crippen molar-refractivity contribution in [1.82, 2.24) is 29.7 Å². The Morgan fingerprint density at radius 3 is 2.48 bits per heavy atom. The summed E-state index contributed by atoms with van der Waals surface area (Å²) in [6, 6.07) is 8.85. The normalized spacial score (nSPS) is 16.7. The molecule has 0 bridgehead atoms. The van der Waals surface area contributed by atoms with Crippen molar-refractivity contribution in [2.75, 3.05) is 79.9 Å². The van der Waals surface area contributed by atoms with Crippen LogP contribution in [-0.4, -0.2) is 95.5 Å². The van der Waals surface area contributed by atoms with Gasteiger partial charge in [-0.3, -0.25) is 14.9 Å². The molecule has 2 aromatic carbocycles. The van der Waals surface area contributed by atoms with Crippen molar-refractivity contribution in [2.45, 2.75) is 25.8 Å². The Labute approximate surface area is 271 Å². The minimum absolute atomic E-state index is 0.453. The van der Waals surface area contributed by atoms with E-state index in [2.05, 4.69) is 87.0 Å². The maximum Gasteiger partial charge on any atom is 0.229 e. The number of anilines is 6. The summed E-state index contributed by atoms with van der Waals surface area (Å²) in [5.74, 6) is 1.83. The zero-order chi connectivity index (χ0) is 30.6. The van der Waals surface area contributed by atoms with Crippen molar-refractivity contribution < 1.29 is 4.74 Å². The van der Waals surface area contributed by atoms with Crippen LogP contribution in [0.1, 0.15) is 18.4 Å². The van der Waals surface area contributed by atoms with Gasteiger partial charge in [0.25, 0.3) is 0 Å². The van der Waals surface area contributed by atoms with Crippen LogP contribution < -0.4 is 25.0 Å². The molecule has 2 aliphatic rings. The highest BCUT2D eigenvalue weighted by atomic mass is 79.9. The lowest BCUT2D eigenvalue weighted by molar-refractivity contribution is 0.0982. The van der Waals surface area contributed by atoms with Crippen molar-refractivity contribution in [3.8, 4) is 5.75 Å². The van der Waals surface area contributed by atoms with Gasteiger partial charge in [0.05, 0.1) is 34.2 Å². The first-order chi connectivity index (χ1) is 21.4. The first kappa shape index (κ1) is 30.6. The van der Waals surface area contributed by atoms with Gasteiger partial charge in [0.15, 0.2) is 0 Å². The molecule has 6 rings (SSSR count). The van der Waals surface area contributed by atoms with E-state index in [1.54, 1.807) is 25.7 Å². The highest BCUT2D eigenvalue weighted by Crippen LogP contribution is 2.38. The smallest absolute Gasteiger partial charge is 0.229 e. The number of hydrogen-bond donors (Lipinski definition) is 3. The van der Waals surface area contributed by atoms with Crippen LogP contribution in [0.15, 0.2) is 47.3 Å². The van der Waals surface area contributed by atoms with Crippen LogP contribution in [0.4, 0.5) is 34.5 Å². The summed E-state index contributed by atoms with van der Waals surface area (Å²) in [6.07, 6.45) is 9.46. The van der Waals surface area contributed by atoms with E-state index >= 15 is 0 Å². The SMILES string of the molecule is COc1cc(N2CCC(N3CCN(C)CC3)CC2)c(C)cc1Nc1ncc(Br)c(Nc2ccc3nccnc3c2NSC)n1. The van der Waals surface area contributed by atoms with Crippen LogP contribution >= 0.6 is 27.9 Å². The fourth-order valence-corrected chi connectivity index (χ4v) is 6.75. The highest BCUT2D eigenvalue weighted by molar-refractivity contribution is 9.10. The molecule has 0 aliphatic carbocycles. The zero-order valence-electron chi connectivity index (χ0n) is 25.6. The fourth-order valence-electron chi connectivity index (χ4n) is 6.05. The fraction of sp³-hybridized carbons (Fsp3) is 0.419. The molecule has 0 spiro atoms. The summed E-state index contributed by atoms with van der Waals surface area (Å²) >= 11 is 5.10. The molecule has 2 aliphatic heterocycles. The molecular formula is C31H39BrN10OS. The molecule has 2 saturated heterocycles. The molecule has 0 atom stereocenters. The van der Waals surface area contributed by atoms with Gasteiger partial charge in [-0.2, -0.15) is 4.98 Å². The van der Waals surface area contributed by atoms with Crippen LogP contribution in [-0.2, 0) is 0 Å². The van der Waals surface area contributed by atoms with Crippen LogP contribution in [0.3, 0.4) is 0 Å². The molecule has 0 unspecified atom stereocenters. The lowest BCUT2D eigenvalue weighted by atomic mass is 10.0. The Balaban J connectivity index is 1.18. The van der Waals surface area contributed by atoms with Gasteiger partial charge in [0.1, 0.15) is 17.1 Å². The van der Waals surface area contributed by atoms with E-state index in [0.717, 1.165) is 51.4 Å². The third kappa shape index (κ3) is 6.65.